The van der Waals surface area contributed by atoms with Gasteiger partial charge < -0.3 is 15.0 Å². The molecule has 0 spiro atoms. The Labute approximate surface area is 221 Å². The van der Waals surface area contributed by atoms with E-state index in [4.69, 9.17) is 11.6 Å². The number of aromatic nitrogens is 3. The molecule has 4 aromatic rings. The van der Waals surface area contributed by atoms with Crippen molar-refractivity contribution in [2.75, 3.05) is 49.5 Å². The fourth-order valence-electron chi connectivity index (χ4n) is 4.43. The molecule has 1 aliphatic heterocycles. The summed E-state index contributed by atoms with van der Waals surface area (Å²) in [5, 5.41) is 3.89. The van der Waals surface area contributed by atoms with Crippen molar-refractivity contribution in [3.8, 4) is 17.0 Å². The third-order valence-corrected chi connectivity index (χ3v) is 6.53. The molecule has 0 bridgehead atoms. The first-order valence-corrected chi connectivity index (χ1v) is 12.3. The standard InChI is InChI=1S/C26H24ClF3N6O2/c27-21-3-1-2-4-22(21)35-13-11-34(12-14-35)17-19(37)15-32-25-24(33-23-16-31-9-10-36(23)25)18-5-7-20(8-6-18)38-26(28,29)30/h1-10,16,32H,11-15,17H2. The van der Waals surface area contributed by atoms with E-state index in [0.717, 1.165) is 31.9 Å². The number of fused-ring (bicyclic) bond motifs is 1. The number of benzene rings is 2. The highest BCUT2D eigenvalue weighted by Crippen LogP contribution is 2.31. The molecule has 38 heavy (non-hydrogen) atoms. The lowest BCUT2D eigenvalue weighted by Crippen LogP contribution is -2.48. The first-order chi connectivity index (χ1) is 18.3. The summed E-state index contributed by atoms with van der Waals surface area (Å²) in [5.41, 5.74) is 2.57. The monoisotopic (exact) mass is 544 g/mol. The molecule has 5 rings (SSSR count). The highest BCUT2D eigenvalue weighted by Gasteiger charge is 2.31. The Morgan fingerprint density at radius 2 is 1.79 bits per heavy atom. The van der Waals surface area contributed by atoms with Gasteiger partial charge in [0.1, 0.15) is 17.3 Å². The molecule has 0 radical (unpaired) electrons. The maximum absolute atomic E-state index is 12.9. The molecule has 198 valence electrons. The molecule has 0 aliphatic carbocycles. The number of hydrogen-bond donors (Lipinski definition) is 1. The number of carbonyl (C=O) groups excluding carboxylic acids is 1. The maximum Gasteiger partial charge on any atom is 0.573 e. The average Bonchev–Trinajstić information content (AvgIpc) is 3.26. The van der Waals surface area contributed by atoms with Gasteiger partial charge in [-0.3, -0.25) is 19.1 Å². The molecule has 0 amide bonds. The van der Waals surface area contributed by atoms with Crippen molar-refractivity contribution in [2.45, 2.75) is 6.36 Å². The van der Waals surface area contributed by atoms with E-state index >= 15 is 0 Å². The van der Waals surface area contributed by atoms with Crippen molar-refractivity contribution in [3.05, 3.63) is 72.1 Å². The summed E-state index contributed by atoms with van der Waals surface area (Å²) in [6.07, 6.45) is 0.0820. The zero-order valence-corrected chi connectivity index (χ0v) is 20.9. The first kappa shape index (κ1) is 25.8. The van der Waals surface area contributed by atoms with E-state index in [2.05, 4.69) is 29.8 Å². The zero-order chi connectivity index (χ0) is 26.7. The van der Waals surface area contributed by atoms with Crippen molar-refractivity contribution in [3.63, 3.8) is 0 Å². The molecule has 2 aromatic heterocycles. The first-order valence-electron chi connectivity index (χ1n) is 11.9. The minimum absolute atomic E-state index is 0.0000692. The van der Waals surface area contributed by atoms with Gasteiger partial charge >= 0.3 is 6.36 Å². The lowest BCUT2D eigenvalue weighted by molar-refractivity contribution is -0.274. The summed E-state index contributed by atoms with van der Waals surface area (Å²) in [6, 6.07) is 13.1. The number of nitrogens with zero attached hydrogens (tertiary/aromatic N) is 5. The van der Waals surface area contributed by atoms with Gasteiger partial charge in [-0.15, -0.1) is 13.2 Å². The highest BCUT2D eigenvalue weighted by molar-refractivity contribution is 6.33. The molecule has 1 aliphatic rings. The molecule has 8 nitrogen and oxygen atoms in total. The summed E-state index contributed by atoms with van der Waals surface area (Å²) >= 11 is 6.32. The summed E-state index contributed by atoms with van der Waals surface area (Å²) < 4.78 is 43.3. The van der Waals surface area contributed by atoms with Gasteiger partial charge in [0.05, 0.1) is 30.0 Å². The number of hydrogen-bond acceptors (Lipinski definition) is 7. The molecule has 12 heteroatoms. The van der Waals surface area contributed by atoms with Crippen LogP contribution in [0.5, 0.6) is 5.75 Å². The fourth-order valence-corrected chi connectivity index (χ4v) is 4.69. The lowest BCUT2D eigenvalue weighted by atomic mass is 10.1. The third-order valence-electron chi connectivity index (χ3n) is 6.21. The Morgan fingerprint density at radius 1 is 1.05 bits per heavy atom. The van der Waals surface area contributed by atoms with Crippen molar-refractivity contribution < 1.29 is 22.7 Å². The molecular weight excluding hydrogens is 521 g/mol. The molecule has 0 saturated carbocycles. The number of alkyl halides is 3. The van der Waals surface area contributed by atoms with Gasteiger partial charge in [-0.25, -0.2) is 4.98 Å². The van der Waals surface area contributed by atoms with E-state index in [-0.39, 0.29) is 18.1 Å². The van der Waals surface area contributed by atoms with Crippen molar-refractivity contribution in [1.82, 2.24) is 19.3 Å². The van der Waals surface area contributed by atoms with Crippen molar-refractivity contribution >= 4 is 34.5 Å². The van der Waals surface area contributed by atoms with Crippen LogP contribution in [0.15, 0.2) is 67.1 Å². The topological polar surface area (TPSA) is 75.0 Å². The van der Waals surface area contributed by atoms with Crippen LogP contribution < -0.4 is 15.0 Å². The van der Waals surface area contributed by atoms with Crippen molar-refractivity contribution in [1.29, 1.82) is 0 Å². The SMILES string of the molecule is O=C(CNc1c(-c2ccc(OC(F)(F)F)cc2)nc2cnccn12)CN1CCN(c2ccccc2Cl)CC1. The summed E-state index contributed by atoms with van der Waals surface area (Å²) in [7, 11) is 0. The second kappa shape index (κ2) is 10.9. The lowest BCUT2D eigenvalue weighted by Gasteiger charge is -2.36. The van der Waals surface area contributed by atoms with Gasteiger partial charge in [-0.05, 0) is 36.4 Å². The fraction of sp³-hybridized carbons (Fsp3) is 0.269. The molecule has 0 atom stereocenters. The number of imidazole rings is 1. The van der Waals surface area contributed by atoms with E-state index in [1.807, 2.05) is 24.3 Å². The zero-order valence-electron chi connectivity index (χ0n) is 20.2. The van der Waals surface area contributed by atoms with Crippen LogP contribution in [-0.2, 0) is 4.79 Å². The van der Waals surface area contributed by atoms with E-state index in [9.17, 15) is 18.0 Å². The second-order valence-corrected chi connectivity index (χ2v) is 9.20. The Bertz CT molecular complexity index is 1420. The number of Topliss-reactive ketones (excluding diaryl/α,β-unsaturated/α-hetero) is 1. The van der Waals surface area contributed by atoms with E-state index in [1.54, 1.807) is 23.0 Å². The minimum Gasteiger partial charge on any atom is -0.406 e. The summed E-state index contributed by atoms with van der Waals surface area (Å²) in [4.78, 5) is 25.8. The normalized spacial score (nSPS) is 14.6. The Kier molecular flexibility index (Phi) is 7.39. The van der Waals surface area contributed by atoms with Gasteiger partial charge in [0.15, 0.2) is 11.4 Å². The number of para-hydroxylation sites is 1. The van der Waals surface area contributed by atoms with Gasteiger partial charge in [0.2, 0.25) is 0 Å². The quantitative estimate of drug-likeness (QED) is 0.343. The molecule has 1 N–H and O–H groups in total. The van der Waals surface area contributed by atoms with E-state index in [0.29, 0.717) is 34.3 Å². The smallest absolute Gasteiger partial charge is 0.406 e. The molecule has 3 heterocycles. The average molecular weight is 545 g/mol. The predicted octanol–water partition coefficient (Wildman–Crippen LogP) is 4.75. The van der Waals surface area contributed by atoms with Crippen LogP contribution in [0.3, 0.4) is 0 Å². The van der Waals surface area contributed by atoms with E-state index < -0.39 is 6.36 Å². The molecule has 2 aromatic carbocycles. The Hall–Kier alpha value is -3.83. The van der Waals surface area contributed by atoms with Crippen molar-refractivity contribution in [2.24, 2.45) is 0 Å². The molecule has 1 saturated heterocycles. The van der Waals surface area contributed by atoms with Gasteiger partial charge in [-0.2, -0.15) is 0 Å². The number of anilines is 2. The summed E-state index contributed by atoms with van der Waals surface area (Å²) in [5.74, 6) is 0.217. The second-order valence-electron chi connectivity index (χ2n) is 8.79. The largest absolute Gasteiger partial charge is 0.573 e. The Balaban J connectivity index is 1.24. The maximum atomic E-state index is 12.9. The summed E-state index contributed by atoms with van der Waals surface area (Å²) in [6.45, 7) is 3.35. The molecule has 0 unspecified atom stereocenters. The van der Waals surface area contributed by atoms with Crippen LogP contribution >= 0.6 is 11.6 Å². The van der Waals surface area contributed by atoms with Crippen LogP contribution in [-0.4, -0.2) is 70.7 Å². The third kappa shape index (κ3) is 6.00. The van der Waals surface area contributed by atoms with Crippen LogP contribution in [0.4, 0.5) is 24.7 Å². The number of ether oxygens (including phenoxy) is 1. The molecule has 1 fully saturated rings. The molecular formula is C26H24ClF3N6O2. The van der Waals surface area contributed by atoms with Gasteiger partial charge in [0.25, 0.3) is 0 Å². The number of carbonyl (C=O) groups is 1. The van der Waals surface area contributed by atoms with Crippen LogP contribution in [0.2, 0.25) is 5.02 Å². The number of halogens is 4. The highest BCUT2D eigenvalue weighted by atomic mass is 35.5. The van der Waals surface area contributed by atoms with Crippen LogP contribution in [0, 0.1) is 0 Å². The predicted molar refractivity (Wildman–Crippen MR) is 139 cm³/mol. The minimum atomic E-state index is -4.77. The number of ketones is 1. The Morgan fingerprint density at radius 3 is 2.50 bits per heavy atom. The van der Waals surface area contributed by atoms with Gasteiger partial charge in [-0.1, -0.05) is 23.7 Å². The van der Waals surface area contributed by atoms with Crippen LogP contribution in [0.25, 0.3) is 16.9 Å². The number of nitrogens with one attached hydrogen (secondary N) is 1. The van der Waals surface area contributed by atoms with Crippen LogP contribution in [0.1, 0.15) is 0 Å². The number of piperazine rings is 1. The number of rotatable bonds is 8. The van der Waals surface area contributed by atoms with Gasteiger partial charge in [0, 0.05) is 44.1 Å². The van der Waals surface area contributed by atoms with E-state index in [1.165, 1.54) is 24.3 Å².